The Kier molecular flexibility index (Phi) is 7.37. The van der Waals surface area contributed by atoms with Crippen LogP contribution in [-0.2, 0) is 4.74 Å². The molecule has 1 aliphatic rings. The Morgan fingerprint density at radius 1 is 1.09 bits per heavy atom. The van der Waals surface area contributed by atoms with Gasteiger partial charge < -0.3 is 15.4 Å². The molecule has 2 N–H and O–H groups in total. The molecule has 0 aliphatic heterocycles. The number of amides is 1. The summed E-state index contributed by atoms with van der Waals surface area (Å²) in [5.74, 6) is 0.855. The lowest BCUT2D eigenvalue weighted by Gasteiger charge is -2.37. The van der Waals surface area contributed by atoms with E-state index >= 15 is 0 Å². The Balaban J connectivity index is 2.16. The van der Waals surface area contributed by atoms with Crippen molar-refractivity contribution in [2.45, 2.75) is 98.3 Å². The molecule has 1 aliphatic carbocycles. The highest BCUT2D eigenvalue weighted by Crippen LogP contribution is 2.37. The zero-order chi connectivity index (χ0) is 17.7. The number of hydrogen-bond acceptors (Lipinski definition) is 3. The molecule has 1 atom stereocenters. The van der Waals surface area contributed by atoms with Crippen molar-refractivity contribution in [3.63, 3.8) is 0 Å². The van der Waals surface area contributed by atoms with Gasteiger partial charge in [-0.15, -0.1) is 0 Å². The first-order valence-corrected chi connectivity index (χ1v) is 9.20. The van der Waals surface area contributed by atoms with Crippen molar-refractivity contribution in [3.8, 4) is 0 Å². The third kappa shape index (κ3) is 8.59. The molecule has 0 aromatic carbocycles. The first-order valence-electron chi connectivity index (χ1n) is 9.20. The molecule has 1 amide bonds. The molecule has 0 saturated heterocycles. The molecular weight excluding hydrogens is 288 g/mol. The van der Waals surface area contributed by atoms with Crippen LogP contribution in [0.4, 0.5) is 4.79 Å². The standard InChI is InChI=1S/C19H38N2O2/c1-14(21-17(22)23-19(5,6)7)12-13-20-16-10-8-15(9-11-16)18(2,3)4/h14-16,20H,8-13H2,1-7H3,(H,21,22). The summed E-state index contributed by atoms with van der Waals surface area (Å²) >= 11 is 0. The van der Waals surface area contributed by atoms with E-state index in [1.807, 2.05) is 27.7 Å². The van der Waals surface area contributed by atoms with Crippen LogP contribution in [0.15, 0.2) is 0 Å². The number of ether oxygens (including phenoxy) is 1. The lowest BCUT2D eigenvalue weighted by atomic mass is 9.71. The lowest BCUT2D eigenvalue weighted by Crippen LogP contribution is -2.41. The second kappa shape index (κ2) is 8.36. The third-order valence-corrected chi connectivity index (χ3v) is 4.73. The van der Waals surface area contributed by atoms with E-state index in [2.05, 4.69) is 31.4 Å². The quantitative estimate of drug-likeness (QED) is 0.783. The van der Waals surface area contributed by atoms with Crippen molar-refractivity contribution in [2.75, 3.05) is 6.54 Å². The van der Waals surface area contributed by atoms with Crippen LogP contribution in [0, 0.1) is 11.3 Å². The van der Waals surface area contributed by atoms with Crippen LogP contribution < -0.4 is 10.6 Å². The number of carbonyl (C=O) groups excluding carboxylic acids is 1. The molecule has 0 aromatic heterocycles. The monoisotopic (exact) mass is 326 g/mol. The molecule has 4 nitrogen and oxygen atoms in total. The summed E-state index contributed by atoms with van der Waals surface area (Å²) in [7, 11) is 0. The maximum atomic E-state index is 11.7. The molecule has 4 heteroatoms. The van der Waals surface area contributed by atoms with E-state index in [-0.39, 0.29) is 12.1 Å². The van der Waals surface area contributed by atoms with Gasteiger partial charge in [0.25, 0.3) is 0 Å². The van der Waals surface area contributed by atoms with Gasteiger partial charge in [-0.25, -0.2) is 4.79 Å². The minimum absolute atomic E-state index is 0.128. The topological polar surface area (TPSA) is 50.4 Å². The van der Waals surface area contributed by atoms with E-state index in [4.69, 9.17) is 4.74 Å². The van der Waals surface area contributed by atoms with Gasteiger partial charge in [-0.3, -0.25) is 0 Å². The van der Waals surface area contributed by atoms with Crippen LogP contribution >= 0.6 is 0 Å². The number of nitrogens with one attached hydrogen (secondary N) is 2. The summed E-state index contributed by atoms with van der Waals surface area (Å²) in [6.07, 6.45) is 5.81. The van der Waals surface area contributed by atoms with Gasteiger partial charge >= 0.3 is 6.09 Å². The van der Waals surface area contributed by atoms with Gasteiger partial charge in [-0.2, -0.15) is 0 Å². The molecule has 23 heavy (non-hydrogen) atoms. The number of hydrogen-bond donors (Lipinski definition) is 2. The molecule has 0 aromatic rings. The maximum absolute atomic E-state index is 11.7. The summed E-state index contributed by atoms with van der Waals surface area (Å²) in [5, 5.41) is 6.55. The van der Waals surface area contributed by atoms with Gasteiger partial charge in [0.1, 0.15) is 5.60 Å². The van der Waals surface area contributed by atoms with Crippen LogP contribution in [0.25, 0.3) is 0 Å². The van der Waals surface area contributed by atoms with E-state index in [9.17, 15) is 4.79 Å². The van der Waals surface area contributed by atoms with Gasteiger partial charge in [0, 0.05) is 12.1 Å². The molecule has 1 rings (SSSR count). The normalized spacial score (nSPS) is 24.1. The third-order valence-electron chi connectivity index (χ3n) is 4.73. The molecule has 0 radical (unpaired) electrons. The first kappa shape index (κ1) is 20.3. The Labute approximate surface area is 143 Å². The van der Waals surface area contributed by atoms with Crippen LogP contribution in [0.5, 0.6) is 0 Å². The van der Waals surface area contributed by atoms with Gasteiger partial charge in [-0.1, -0.05) is 20.8 Å². The van der Waals surface area contributed by atoms with E-state index in [1.165, 1.54) is 25.7 Å². The zero-order valence-corrected chi connectivity index (χ0v) is 16.3. The predicted octanol–water partition coefficient (Wildman–Crippen LogP) is 4.48. The van der Waals surface area contributed by atoms with Crippen molar-refractivity contribution in [1.82, 2.24) is 10.6 Å². The second-order valence-corrected chi connectivity index (χ2v) is 9.20. The summed E-state index contributed by atoms with van der Waals surface area (Å²) in [4.78, 5) is 11.7. The second-order valence-electron chi connectivity index (χ2n) is 9.20. The first-order chi connectivity index (χ1) is 10.5. The van der Waals surface area contributed by atoms with Crippen LogP contribution in [0.3, 0.4) is 0 Å². The van der Waals surface area contributed by atoms with Gasteiger partial charge in [0.2, 0.25) is 0 Å². The van der Waals surface area contributed by atoms with Crippen LogP contribution in [-0.4, -0.2) is 30.3 Å². The van der Waals surface area contributed by atoms with Crippen LogP contribution in [0.2, 0.25) is 0 Å². The minimum atomic E-state index is -0.437. The van der Waals surface area contributed by atoms with Crippen molar-refractivity contribution in [1.29, 1.82) is 0 Å². The predicted molar refractivity (Wildman–Crippen MR) is 96.7 cm³/mol. The fourth-order valence-electron chi connectivity index (χ4n) is 3.25. The highest BCUT2D eigenvalue weighted by Gasteiger charge is 2.29. The minimum Gasteiger partial charge on any atom is -0.444 e. The van der Waals surface area contributed by atoms with Gasteiger partial charge in [0.15, 0.2) is 0 Å². The fraction of sp³-hybridized carbons (Fsp3) is 0.947. The average molecular weight is 327 g/mol. The lowest BCUT2D eigenvalue weighted by molar-refractivity contribution is 0.0506. The highest BCUT2D eigenvalue weighted by molar-refractivity contribution is 5.67. The average Bonchev–Trinajstić information content (AvgIpc) is 2.35. The molecular formula is C19H38N2O2. The van der Waals surface area contributed by atoms with E-state index in [1.54, 1.807) is 0 Å². The van der Waals surface area contributed by atoms with Crippen molar-refractivity contribution >= 4 is 6.09 Å². The van der Waals surface area contributed by atoms with Crippen LogP contribution in [0.1, 0.15) is 80.6 Å². The molecule has 0 heterocycles. The largest absolute Gasteiger partial charge is 0.444 e. The summed E-state index contributed by atoms with van der Waals surface area (Å²) in [5.41, 5.74) is 0.00453. The number of alkyl carbamates (subject to hydrolysis) is 1. The zero-order valence-electron chi connectivity index (χ0n) is 16.3. The van der Waals surface area contributed by atoms with E-state index in [0.717, 1.165) is 18.9 Å². The number of carbonyl (C=O) groups is 1. The molecule has 1 fully saturated rings. The molecule has 136 valence electrons. The van der Waals surface area contributed by atoms with E-state index < -0.39 is 5.60 Å². The SMILES string of the molecule is CC(CCNC1CCC(C(C)(C)C)CC1)NC(=O)OC(C)(C)C. The molecule has 0 bridgehead atoms. The van der Waals surface area contributed by atoms with Gasteiger partial charge in [0.05, 0.1) is 0 Å². The van der Waals surface area contributed by atoms with Gasteiger partial charge in [-0.05, 0) is 77.7 Å². The summed E-state index contributed by atoms with van der Waals surface area (Å²) in [6, 6.07) is 0.769. The van der Waals surface area contributed by atoms with Crippen molar-refractivity contribution in [2.24, 2.45) is 11.3 Å². The Hall–Kier alpha value is -0.770. The van der Waals surface area contributed by atoms with Crippen molar-refractivity contribution in [3.05, 3.63) is 0 Å². The van der Waals surface area contributed by atoms with Crippen molar-refractivity contribution < 1.29 is 9.53 Å². The van der Waals surface area contributed by atoms with E-state index in [0.29, 0.717) is 11.5 Å². The highest BCUT2D eigenvalue weighted by atomic mass is 16.6. The Bertz CT molecular complexity index is 361. The molecule has 1 unspecified atom stereocenters. The maximum Gasteiger partial charge on any atom is 0.407 e. The fourth-order valence-corrected chi connectivity index (χ4v) is 3.25. The summed E-state index contributed by atoms with van der Waals surface area (Å²) < 4.78 is 5.28. The molecule has 1 saturated carbocycles. The summed E-state index contributed by atoms with van der Waals surface area (Å²) in [6.45, 7) is 15.7. The number of rotatable bonds is 5. The molecule has 0 spiro atoms. The smallest absolute Gasteiger partial charge is 0.407 e. The Morgan fingerprint density at radius 3 is 2.13 bits per heavy atom. The Morgan fingerprint density at radius 2 is 1.65 bits per heavy atom.